The van der Waals surface area contributed by atoms with Crippen LogP contribution in [0.4, 0.5) is 5.69 Å². The molecule has 20 heavy (non-hydrogen) atoms. The number of ether oxygens (including phenoxy) is 1. The Bertz CT molecular complexity index is 454. The van der Waals surface area contributed by atoms with E-state index >= 15 is 0 Å². The first-order chi connectivity index (χ1) is 9.65. The fourth-order valence-corrected chi connectivity index (χ4v) is 2.70. The zero-order chi connectivity index (χ0) is 14.4. The molecule has 1 aromatic carbocycles. The van der Waals surface area contributed by atoms with Gasteiger partial charge in [0.1, 0.15) is 12.4 Å². The number of anilines is 1. The minimum atomic E-state index is -0.251. The largest absolute Gasteiger partial charge is 0.490 e. The summed E-state index contributed by atoms with van der Waals surface area (Å²) in [6, 6.07) is 7.52. The van der Waals surface area contributed by atoms with Crippen LogP contribution in [0, 0.1) is 5.41 Å². The third-order valence-electron chi connectivity index (χ3n) is 4.02. The maximum atomic E-state index is 12.5. The van der Waals surface area contributed by atoms with Gasteiger partial charge in [-0.3, -0.25) is 4.79 Å². The van der Waals surface area contributed by atoms with Crippen LogP contribution in [-0.4, -0.2) is 19.1 Å². The number of carbonyl (C=O) groups excluding carboxylic acids is 1. The molecule has 0 atom stereocenters. The first-order valence-electron chi connectivity index (χ1n) is 7.39. The normalized spacial score (nSPS) is 17.5. The van der Waals surface area contributed by atoms with Crippen molar-refractivity contribution in [3.63, 3.8) is 0 Å². The van der Waals surface area contributed by atoms with Crippen molar-refractivity contribution in [1.29, 1.82) is 0 Å². The van der Waals surface area contributed by atoms with Gasteiger partial charge in [-0.2, -0.15) is 0 Å². The smallest absolute Gasteiger partial charge is 0.230 e. The van der Waals surface area contributed by atoms with E-state index in [0.717, 1.165) is 31.4 Å². The first-order valence-corrected chi connectivity index (χ1v) is 7.39. The zero-order valence-electron chi connectivity index (χ0n) is 12.2. The minimum absolute atomic E-state index is 0.0981. The Hall–Kier alpha value is -1.55. The number of hydrogen-bond acceptors (Lipinski definition) is 3. The number of nitrogens with one attached hydrogen (secondary N) is 1. The summed E-state index contributed by atoms with van der Waals surface area (Å²) in [5, 5.41) is 3.02. The number of benzene rings is 1. The topological polar surface area (TPSA) is 64.3 Å². The monoisotopic (exact) mass is 276 g/mol. The van der Waals surface area contributed by atoms with Crippen LogP contribution in [-0.2, 0) is 4.79 Å². The van der Waals surface area contributed by atoms with Gasteiger partial charge in [-0.25, -0.2) is 0 Å². The molecule has 4 heteroatoms. The third kappa shape index (κ3) is 3.51. The van der Waals surface area contributed by atoms with E-state index in [4.69, 9.17) is 10.5 Å². The van der Waals surface area contributed by atoms with E-state index in [1.807, 2.05) is 24.3 Å². The summed E-state index contributed by atoms with van der Waals surface area (Å²) in [5.74, 6) is 0.784. The Labute approximate surface area is 120 Å². The molecule has 1 fully saturated rings. The van der Waals surface area contributed by atoms with Crippen molar-refractivity contribution >= 4 is 11.6 Å². The maximum Gasteiger partial charge on any atom is 0.230 e. The molecule has 0 saturated heterocycles. The molecular formula is C16H24N2O2. The highest BCUT2D eigenvalue weighted by molar-refractivity contribution is 5.96. The number of rotatable bonds is 5. The van der Waals surface area contributed by atoms with Crippen molar-refractivity contribution in [3.8, 4) is 5.75 Å². The molecule has 1 saturated carbocycles. The van der Waals surface area contributed by atoms with E-state index in [9.17, 15) is 4.79 Å². The fraction of sp³-hybridized carbons (Fsp3) is 0.562. The van der Waals surface area contributed by atoms with Crippen LogP contribution in [0.2, 0.25) is 0 Å². The van der Waals surface area contributed by atoms with Crippen molar-refractivity contribution in [2.24, 2.45) is 11.1 Å². The van der Waals surface area contributed by atoms with Crippen molar-refractivity contribution < 1.29 is 9.53 Å². The summed E-state index contributed by atoms with van der Waals surface area (Å²) in [4.78, 5) is 12.5. The van der Waals surface area contributed by atoms with E-state index in [2.05, 4.69) is 12.2 Å². The molecule has 3 N–H and O–H groups in total. The average Bonchev–Trinajstić information content (AvgIpc) is 2.47. The van der Waals surface area contributed by atoms with Gasteiger partial charge in [-0.15, -0.1) is 0 Å². The van der Waals surface area contributed by atoms with Crippen LogP contribution in [0.5, 0.6) is 5.75 Å². The molecule has 1 amide bonds. The molecule has 4 nitrogen and oxygen atoms in total. The van der Waals surface area contributed by atoms with Crippen molar-refractivity contribution in [2.45, 2.75) is 39.0 Å². The summed E-state index contributed by atoms with van der Waals surface area (Å²) in [7, 11) is 0. The number of carbonyl (C=O) groups is 1. The highest BCUT2D eigenvalue weighted by Crippen LogP contribution is 2.37. The molecule has 110 valence electrons. The lowest BCUT2D eigenvalue weighted by atomic mass is 9.75. The SMILES string of the molecule is CC1(C(=O)Nc2ccccc2OCCN)CCCCC1. The average molecular weight is 276 g/mol. The number of para-hydroxylation sites is 2. The van der Waals surface area contributed by atoms with Gasteiger partial charge in [-0.1, -0.05) is 38.3 Å². The second-order valence-corrected chi connectivity index (χ2v) is 5.71. The predicted molar refractivity (Wildman–Crippen MR) is 80.8 cm³/mol. The van der Waals surface area contributed by atoms with Gasteiger partial charge >= 0.3 is 0 Å². The van der Waals surface area contributed by atoms with Crippen molar-refractivity contribution in [3.05, 3.63) is 24.3 Å². The zero-order valence-corrected chi connectivity index (χ0v) is 12.2. The van der Waals surface area contributed by atoms with Crippen molar-refractivity contribution in [1.82, 2.24) is 0 Å². The molecule has 0 aliphatic heterocycles. The van der Waals surface area contributed by atoms with Gasteiger partial charge in [0, 0.05) is 12.0 Å². The van der Waals surface area contributed by atoms with E-state index in [1.165, 1.54) is 6.42 Å². The second kappa shape index (κ2) is 6.75. The van der Waals surface area contributed by atoms with Crippen molar-refractivity contribution in [2.75, 3.05) is 18.5 Å². The highest BCUT2D eigenvalue weighted by Gasteiger charge is 2.34. The summed E-state index contributed by atoms with van der Waals surface area (Å²) in [5.41, 5.74) is 5.94. The Balaban J connectivity index is 2.07. The number of nitrogens with two attached hydrogens (primary N) is 1. The molecule has 2 rings (SSSR count). The fourth-order valence-electron chi connectivity index (χ4n) is 2.70. The molecule has 0 aromatic heterocycles. The standard InChI is InChI=1S/C16H24N2O2/c1-16(9-5-2-6-10-16)15(19)18-13-7-3-4-8-14(13)20-12-11-17/h3-4,7-8H,2,5-6,9-12,17H2,1H3,(H,18,19). The Morgan fingerprint density at radius 3 is 2.70 bits per heavy atom. The van der Waals surface area contributed by atoms with Crippen LogP contribution in [0.1, 0.15) is 39.0 Å². The molecule has 0 unspecified atom stereocenters. The summed E-state index contributed by atoms with van der Waals surface area (Å²) in [6.45, 7) is 2.97. The van der Waals surface area contributed by atoms with Gasteiger partial charge in [0.2, 0.25) is 5.91 Å². The lowest BCUT2D eigenvalue weighted by Crippen LogP contribution is -2.35. The van der Waals surface area contributed by atoms with Crippen LogP contribution in [0.15, 0.2) is 24.3 Å². The number of hydrogen-bond donors (Lipinski definition) is 2. The molecule has 1 aromatic rings. The van der Waals surface area contributed by atoms with Gasteiger partial charge in [0.15, 0.2) is 0 Å². The van der Waals surface area contributed by atoms with Crippen LogP contribution >= 0.6 is 0 Å². The quantitative estimate of drug-likeness (QED) is 0.869. The van der Waals surface area contributed by atoms with Crippen LogP contribution in [0.25, 0.3) is 0 Å². The number of amides is 1. The Kier molecular flexibility index (Phi) is 5.01. The lowest BCUT2D eigenvalue weighted by Gasteiger charge is -2.32. The van der Waals surface area contributed by atoms with Crippen LogP contribution in [0.3, 0.4) is 0 Å². The molecule has 1 aliphatic carbocycles. The van der Waals surface area contributed by atoms with Gasteiger partial charge in [-0.05, 0) is 25.0 Å². The first kappa shape index (κ1) is 14.9. The van der Waals surface area contributed by atoms with E-state index in [-0.39, 0.29) is 11.3 Å². The maximum absolute atomic E-state index is 12.5. The molecule has 0 bridgehead atoms. The van der Waals surface area contributed by atoms with E-state index in [1.54, 1.807) is 0 Å². The van der Waals surface area contributed by atoms with Gasteiger partial charge in [0.25, 0.3) is 0 Å². The van der Waals surface area contributed by atoms with Gasteiger partial charge in [0.05, 0.1) is 5.69 Å². The summed E-state index contributed by atoms with van der Waals surface area (Å²) < 4.78 is 5.57. The Morgan fingerprint density at radius 2 is 2.00 bits per heavy atom. The Morgan fingerprint density at radius 1 is 1.30 bits per heavy atom. The minimum Gasteiger partial charge on any atom is -0.490 e. The third-order valence-corrected chi connectivity index (χ3v) is 4.02. The lowest BCUT2D eigenvalue weighted by molar-refractivity contribution is -0.126. The molecule has 0 spiro atoms. The molecular weight excluding hydrogens is 252 g/mol. The predicted octanol–water partition coefficient (Wildman–Crippen LogP) is 2.93. The summed E-state index contributed by atoms with van der Waals surface area (Å²) in [6.07, 6.45) is 5.43. The van der Waals surface area contributed by atoms with Gasteiger partial charge < -0.3 is 15.8 Å². The van der Waals surface area contributed by atoms with E-state index < -0.39 is 0 Å². The molecule has 0 heterocycles. The van der Waals surface area contributed by atoms with Crippen LogP contribution < -0.4 is 15.8 Å². The molecule has 1 aliphatic rings. The second-order valence-electron chi connectivity index (χ2n) is 5.71. The van der Waals surface area contributed by atoms with E-state index in [0.29, 0.717) is 18.9 Å². The molecule has 0 radical (unpaired) electrons. The highest BCUT2D eigenvalue weighted by atomic mass is 16.5. The summed E-state index contributed by atoms with van der Waals surface area (Å²) >= 11 is 0.